The molecule has 4 rings (SSSR count). The van der Waals surface area contributed by atoms with Crippen molar-refractivity contribution >= 4 is 22.9 Å². The number of hydrazine groups is 1. The Balaban J connectivity index is 1.66. The first-order valence-corrected chi connectivity index (χ1v) is 9.00. The van der Waals surface area contributed by atoms with Gasteiger partial charge < -0.3 is 0 Å². The molecule has 1 amide bonds. The zero-order chi connectivity index (χ0) is 17.8. The summed E-state index contributed by atoms with van der Waals surface area (Å²) in [5.41, 5.74) is 8.54. The summed E-state index contributed by atoms with van der Waals surface area (Å²) in [5.74, 6) is -0.256. The molecular weight excluding hydrogens is 344 g/mol. The van der Waals surface area contributed by atoms with Gasteiger partial charge in [-0.3, -0.25) is 15.6 Å². The van der Waals surface area contributed by atoms with Crippen molar-refractivity contribution in [2.24, 2.45) is 0 Å². The second-order valence-corrected chi connectivity index (χ2v) is 6.53. The van der Waals surface area contributed by atoms with Crippen molar-refractivity contribution in [3.8, 4) is 16.3 Å². The minimum atomic E-state index is -0.256. The van der Waals surface area contributed by atoms with E-state index in [1.54, 1.807) is 22.1 Å². The quantitative estimate of drug-likeness (QED) is 0.520. The third kappa shape index (κ3) is 3.36. The van der Waals surface area contributed by atoms with Gasteiger partial charge in [0.25, 0.3) is 5.91 Å². The lowest BCUT2D eigenvalue weighted by Crippen LogP contribution is -2.31. The third-order valence-corrected chi connectivity index (χ3v) is 4.70. The molecule has 0 radical (unpaired) electrons. The highest BCUT2D eigenvalue weighted by molar-refractivity contribution is 7.13. The van der Waals surface area contributed by atoms with Gasteiger partial charge in [0.05, 0.1) is 16.3 Å². The maximum absolute atomic E-state index is 12.8. The lowest BCUT2D eigenvalue weighted by Gasteiger charge is -2.10. The van der Waals surface area contributed by atoms with Crippen LogP contribution in [0.3, 0.4) is 0 Å². The van der Waals surface area contributed by atoms with Crippen molar-refractivity contribution in [1.29, 1.82) is 0 Å². The second kappa shape index (κ2) is 7.25. The summed E-state index contributed by atoms with van der Waals surface area (Å²) in [6.07, 6.45) is 0. The highest BCUT2D eigenvalue weighted by Crippen LogP contribution is 2.25. The minimum absolute atomic E-state index is 0.256. The van der Waals surface area contributed by atoms with Gasteiger partial charge in [0.2, 0.25) is 0 Å². The zero-order valence-corrected chi connectivity index (χ0v) is 14.6. The fourth-order valence-electron chi connectivity index (χ4n) is 2.57. The van der Waals surface area contributed by atoms with Gasteiger partial charge in [0.1, 0.15) is 11.4 Å². The molecule has 0 atom stereocenters. The molecule has 5 nitrogen and oxygen atoms in total. The van der Waals surface area contributed by atoms with Crippen molar-refractivity contribution in [2.45, 2.75) is 0 Å². The van der Waals surface area contributed by atoms with Gasteiger partial charge in [-0.25, -0.2) is 4.68 Å². The van der Waals surface area contributed by atoms with Crippen LogP contribution >= 0.6 is 11.3 Å². The molecule has 26 heavy (non-hydrogen) atoms. The van der Waals surface area contributed by atoms with Crippen LogP contribution < -0.4 is 10.9 Å². The molecule has 0 aliphatic rings. The van der Waals surface area contributed by atoms with Crippen LogP contribution in [0.5, 0.6) is 0 Å². The fraction of sp³-hybridized carbons (Fsp3) is 0. The Bertz CT molecular complexity index is 995. The number of aromatic nitrogens is 2. The number of hydrogen-bond acceptors (Lipinski definition) is 4. The monoisotopic (exact) mass is 360 g/mol. The highest BCUT2D eigenvalue weighted by Gasteiger charge is 2.18. The first-order chi connectivity index (χ1) is 12.8. The molecule has 6 heteroatoms. The molecule has 0 aliphatic heterocycles. The minimum Gasteiger partial charge on any atom is -0.298 e. The summed E-state index contributed by atoms with van der Waals surface area (Å²) in [7, 11) is 0. The van der Waals surface area contributed by atoms with Gasteiger partial charge in [-0.2, -0.15) is 5.10 Å². The van der Waals surface area contributed by atoms with Crippen LogP contribution in [0.4, 0.5) is 5.69 Å². The molecular formula is C20H16N4OS. The summed E-state index contributed by atoms with van der Waals surface area (Å²) in [6, 6.07) is 24.9. The molecule has 128 valence electrons. The van der Waals surface area contributed by atoms with E-state index in [4.69, 9.17) is 0 Å². The largest absolute Gasteiger partial charge is 0.298 e. The Morgan fingerprint density at radius 2 is 1.65 bits per heavy atom. The maximum atomic E-state index is 12.8. The SMILES string of the molecule is O=C(NNc1ccccc1)c1cc(-c2cccs2)nn1-c1ccccc1. The molecule has 4 aromatic rings. The Kier molecular flexibility index (Phi) is 4.49. The van der Waals surface area contributed by atoms with Crippen LogP contribution in [0.2, 0.25) is 0 Å². The summed E-state index contributed by atoms with van der Waals surface area (Å²) in [5, 5.41) is 6.63. The zero-order valence-electron chi connectivity index (χ0n) is 13.8. The number of benzene rings is 2. The lowest BCUT2D eigenvalue weighted by atomic mass is 10.3. The average molecular weight is 360 g/mol. The summed E-state index contributed by atoms with van der Waals surface area (Å²) in [4.78, 5) is 13.8. The Labute approximate surface area is 154 Å². The number of para-hydroxylation sites is 2. The molecule has 0 unspecified atom stereocenters. The molecule has 0 aliphatic carbocycles. The van der Waals surface area contributed by atoms with E-state index in [1.807, 2.05) is 78.2 Å². The Hall–Kier alpha value is -3.38. The molecule has 0 bridgehead atoms. The molecule has 0 spiro atoms. The van der Waals surface area contributed by atoms with E-state index in [-0.39, 0.29) is 5.91 Å². The molecule has 0 saturated carbocycles. The van der Waals surface area contributed by atoms with Crippen LogP contribution in [-0.2, 0) is 0 Å². The van der Waals surface area contributed by atoms with E-state index >= 15 is 0 Å². The van der Waals surface area contributed by atoms with Crippen LogP contribution in [0, 0.1) is 0 Å². The van der Waals surface area contributed by atoms with Crippen LogP contribution in [-0.4, -0.2) is 15.7 Å². The smallest absolute Gasteiger partial charge is 0.288 e. The molecule has 0 fully saturated rings. The molecule has 2 heterocycles. The Morgan fingerprint density at radius 3 is 2.35 bits per heavy atom. The number of rotatable bonds is 5. The van der Waals surface area contributed by atoms with Gasteiger partial charge in [-0.05, 0) is 41.8 Å². The van der Waals surface area contributed by atoms with Crippen molar-refractivity contribution < 1.29 is 4.79 Å². The fourth-order valence-corrected chi connectivity index (χ4v) is 3.25. The number of nitrogens with one attached hydrogen (secondary N) is 2. The number of hydrogen-bond donors (Lipinski definition) is 2. The second-order valence-electron chi connectivity index (χ2n) is 5.58. The van der Waals surface area contributed by atoms with Crippen molar-refractivity contribution in [1.82, 2.24) is 15.2 Å². The third-order valence-electron chi connectivity index (χ3n) is 3.81. The van der Waals surface area contributed by atoms with E-state index in [2.05, 4.69) is 16.0 Å². The number of carbonyl (C=O) groups is 1. The van der Waals surface area contributed by atoms with Crippen molar-refractivity contribution in [3.05, 3.63) is 89.9 Å². The van der Waals surface area contributed by atoms with E-state index in [0.29, 0.717) is 5.69 Å². The number of carbonyl (C=O) groups excluding carboxylic acids is 1. The predicted molar refractivity (Wildman–Crippen MR) is 104 cm³/mol. The standard InChI is InChI=1S/C20H16N4OS/c25-20(22-21-15-8-3-1-4-9-15)18-14-17(19-12-7-13-26-19)23-24(18)16-10-5-2-6-11-16/h1-14,21H,(H,22,25). The average Bonchev–Trinajstić information content (AvgIpc) is 3.37. The summed E-state index contributed by atoms with van der Waals surface area (Å²) in [6.45, 7) is 0. The lowest BCUT2D eigenvalue weighted by molar-refractivity contribution is 0.0955. The highest BCUT2D eigenvalue weighted by atomic mass is 32.1. The number of nitrogens with zero attached hydrogens (tertiary/aromatic N) is 2. The first-order valence-electron chi connectivity index (χ1n) is 8.12. The predicted octanol–water partition coefficient (Wildman–Crippen LogP) is 4.36. The number of amides is 1. The van der Waals surface area contributed by atoms with Crippen LogP contribution in [0.15, 0.2) is 84.2 Å². The topological polar surface area (TPSA) is 59.0 Å². The van der Waals surface area contributed by atoms with Gasteiger partial charge >= 0.3 is 0 Å². The van der Waals surface area contributed by atoms with Crippen molar-refractivity contribution in [2.75, 3.05) is 5.43 Å². The number of thiophene rings is 1. The van der Waals surface area contributed by atoms with Gasteiger partial charge in [0.15, 0.2) is 0 Å². The summed E-state index contributed by atoms with van der Waals surface area (Å²) >= 11 is 1.59. The van der Waals surface area contributed by atoms with E-state index in [9.17, 15) is 4.79 Å². The molecule has 2 aromatic carbocycles. The number of anilines is 1. The van der Waals surface area contributed by atoms with Crippen LogP contribution in [0.25, 0.3) is 16.3 Å². The van der Waals surface area contributed by atoms with E-state index < -0.39 is 0 Å². The Morgan fingerprint density at radius 1 is 0.923 bits per heavy atom. The normalized spacial score (nSPS) is 10.5. The summed E-state index contributed by atoms with van der Waals surface area (Å²) < 4.78 is 1.66. The molecule has 2 N–H and O–H groups in total. The van der Waals surface area contributed by atoms with Crippen LogP contribution in [0.1, 0.15) is 10.5 Å². The molecule has 2 aromatic heterocycles. The van der Waals surface area contributed by atoms with Crippen molar-refractivity contribution in [3.63, 3.8) is 0 Å². The maximum Gasteiger partial charge on any atom is 0.288 e. The molecule has 0 saturated heterocycles. The van der Waals surface area contributed by atoms with Gasteiger partial charge in [-0.15, -0.1) is 11.3 Å². The van der Waals surface area contributed by atoms with E-state index in [0.717, 1.165) is 21.9 Å². The van der Waals surface area contributed by atoms with Gasteiger partial charge in [-0.1, -0.05) is 42.5 Å². The first kappa shape index (κ1) is 16.1. The van der Waals surface area contributed by atoms with Gasteiger partial charge in [0, 0.05) is 0 Å². The van der Waals surface area contributed by atoms with E-state index in [1.165, 1.54) is 0 Å².